The smallest absolute Gasteiger partial charge is 0.251 e. The zero-order valence-corrected chi connectivity index (χ0v) is 15.9. The number of carbonyl (C=O) groups excluding carboxylic acids is 1. The van der Waals surface area contributed by atoms with Gasteiger partial charge in [-0.2, -0.15) is 0 Å². The lowest BCUT2D eigenvalue weighted by atomic mass is 10.2. The zero-order chi connectivity index (χ0) is 20.5. The van der Waals surface area contributed by atoms with Crippen molar-refractivity contribution in [2.75, 3.05) is 36.4 Å². The molecule has 30 heavy (non-hydrogen) atoms. The van der Waals surface area contributed by atoms with Crippen molar-refractivity contribution in [3.05, 3.63) is 48.9 Å². The van der Waals surface area contributed by atoms with E-state index in [4.69, 9.17) is 10.2 Å². The predicted octanol–water partition coefficient (Wildman–Crippen LogP) is 1.03. The topological polar surface area (TPSA) is 140 Å². The molecule has 4 aromatic rings. The molecule has 4 N–H and O–H groups in total. The molecule has 0 unspecified atom stereocenters. The van der Waals surface area contributed by atoms with Crippen LogP contribution in [-0.2, 0) is 0 Å². The highest BCUT2D eigenvalue weighted by Crippen LogP contribution is 2.26. The molecule has 5 rings (SSSR count). The molecule has 1 saturated heterocycles. The van der Waals surface area contributed by atoms with Crippen LogP contribution in [0.2, 0.25) is 0 Å². The van der Waals surface area contributed by atoms with Gasteiger partial charge in [-0.05, 0) is 6.07 Å². The van der Waals surface area contributed by atoms with E-state index < -0.39 is 5.91 Å². The number of nitrogens with zero attached hydrogens (tertiary/aromatic N) is 6. The zero-order valence-electron chi connectivity index (χ0n) is 15.9. The van der Waals surface area contributed by atoms with E-state index in [0.29, 0.717) is 40.1 Å². The van der Waals surface area contributed by atoms with Gasteiger partial charge >= 0.3 is 0 Å². The monoisotopic (exact) mass is 405 g/mol. The summed E-state index contributed by atoms with van der Waals surface area (Å²) in [6.07, 6.45) is 9.86. The van der Waals surface area contributed by atoms with Crippen molar-refractivity contribution in [1.29, 1.82) is 0 Å². The first-order valence-corrected chi connectivity index (χ1v) is 9.44. The van der Waals surface area contributed by atoms with E-state index in [1.54, 1.807) is 37.1 Å². The summed E-state index contributed by atoms with van der Waals surface area (Å²) < 4.78 is 7.29. The lowest BCUT2D eigenvalue weighted by molar-refractivity contribution is 0.0999. The van der Waals surface area contributed by atoms with Gasteiger partial charge in [0.2, 0.25) is 5.95 Å². The SMILES string of the molecule is NC(=O)c1coc(-c2cnc(Nc3cnc(N4CCNCC4)nc3)c3nccn23)c1. The van der Waals surface area contributed by atoms with Crippen molar-refractivity contribution >= 4 is 29.0 Å². The standard InChI is InChI=1S/C19H19N9O2/c20-16(29)12-7-15(30-11-12)14-10-23-17(18-22-3-6-28(14)18)26-13-8-24-19(25-9-13)27-4-1-21-2-5-27/h3,6-11,21H,1-2,4-5H2,(H2,20,29)(H,23,26). The first-order chi connectivity index (χ1) is 14.7. The molecule has 0 bridgehead atoms. The van der Waals surface area contributed by atoms with Crippen LogP contribution in [0.5, 0.6) is 0 Å². The molecule has 0 radical (unpaired) electrons. The molecule has 5 heterocycles. The number of hydrogen-bond acceptors (Lipinski definition) is 9. The van der Waals surface area contributed by atoms with Gasteiger partial charge in [0.1, 0.15) is 12.0 Å². The maximum absolute atomic E-state index is 11.3. The molecular weight excluding hydrogens is 386 g/mol. The summed E-state index contributed by atoms with van der Waals surface area (Å²) in [5.41, 5.74) is 7.54. The molecule has 0 aliphatic carbocycles. The van der Waals surface area contributed by atoms with E-state index in [9.17, 15) is 4.79 Å². The number of rotatable bonds is 5. The van der Waals surface area contributed by atoms with E-state index in [1.807, 2.05) is 4.40 Å². The van der Waals surface area contributed by atoms with Crippen LogP contribution in [-0.4, -0.2) is 56.4 Å². The lowest BCUT2D eigenvalue weighted by Crippen LogP contribution is -2.44. The summed E-state index contributed by atoms with van der Waals surface area (Å²) in [4.78, 5) is 31.3. The van der Waals surface area contributed by atoms with Crippen LogP contribution < -0.4 is 21.3 Å². The van der Waals surface area contributed by atoms with Crippen LogP contribution >= 0.6 is 0 Å². The Morgan fingerprint density at radius 3 is 2.67 bits per heavy atom. The highest BCUT2D eigenvalue weighted by molar-refractivity contribution is 5.93. The highest BCUT2D eigenvalue weighted by Gasteiger charge is 2.16. The van der Waals surface area contributed by atoms with Crippen molar-refractivity contribution in [1.82, 2.24) is 29.7 Å². The summed E-state index contributed by atoms with van der Waals surface area (Å²) in [7, 11) is 0. The number of imidazole rings is 1. The average Bonchev–Trinajstić information content (AvgIpc) is 3.46. The Morgan fingerprint density at radius 1 is 1.13 bits per heavy atom. The predicted molar refractivity (Wildman–Crippen MR) is 110 cm³/mol. The fourth-order valence-corrected chi connectivity index (χ4v) is 3.34. The summed E-state index contributed by atoms with van der Waals surface area (Å²) in [6, 6.07) is 1.58. The number of nitrogens with one attached hydrogen (secondary N) is 2. The summed E-state index contributed by atoms with van der Waals surface area (Å²) >= 11 is 0. The number of aromatic nitrogens is 5. The number of amides is 1. The Bertz CT molecular complexity index is 1190. The Kier molecular flexibility index (Phi) is 4.48. The Labute approximate surface area is 171 Å². The van der Waals surface area contributed by atoms with Gasteiger partial charge in [-0.15, -0.1) is 0 Å². The second kappa shape index (κ2) is 7.44. The highest BCUT2D eigenvalue weighted by atomic mass is 16.3. The number of hydrogen-bond donors (Lipinski definition) is 3. The summed E-state index contributed by atoms with van der Waals surface area (Å²) in [5.74, 6) is 1.17. The molecule has 11 heteroatoms. The molecule has 1 fully saturated rings. The second-order valence-corrected chi connectivity index (χ2v) is 6.81. The largest absolute Gasteiger partial charge is 0.462 e. The van der Waals surface area contributed by atoms with Crippen molar-refractivity contribution in [3.63, 3.8) is 0 Å². The molecule has 1 aliphatic heterocycles. The minimum absolute atomic E-state index is 0.294. The molecule has 0 atom stereocenters. The molecule has 0 saturated carbocycles. The lowest BCUT2D eigenvalue weighted by Gasteiger charge is -2.27. The fraction of sp³-hybridized carbons (Fsp3) is 0.211. The number of nitrogens with two attached hydrogens (primary N) is 1. The molecule has 0 aromatic carbocycles. The molecule has 4 aromatic heterocycles. The fourth-order valence-electron chi connectivity index (χ4n) is 3.34. The van der Waals surface area contributed by atoms with E-state index in [-0.39, 0.29) is 0 Å². The van der Waals surface area contributed by atoms with Gasteiger partial charge in [-0.3, -0.25) is 9.20 Å². The van der Waals surface area contributed by atoms with Crippen LogP contribution in [0.3, 0.4) is 0 Å². The minimum Gasteiger partial charge on any atom is -0.462 e. The normalized spacial score (nSPS) is 14.2. The Morgan fingerprint density at radius 2 is 1.93 bits per heavy atom. The second-order valence-electron chi connectivity index (χ2n) is 6.81. The molecule has 1 amide bonds. The van der Waals surface area contributed by atoms with Crippen LogP contribution in [0.1, 0.15) is 10.4 Å². The van der Waals surface area contributed by atoms with Gasteiger partial charge in [-0.1, -0.05) is 0 Å². The number of carbonyl (C=O) groups is 1. The first-order valence-electron chi connectivity index (χ1n) is 9.44. The third-order valence-electron chi connectivity index (χ3n) is 4.87. The van der Waals surface area contributed by atoms with Gasteiger partial charge in [0, 0.05) is 38.6 Å². The Balaban J connectivity index is 1.41. The third-order valence-corrected chi connectivity index (χ3v) is 4.87. The third kappa shape index (κ3) is 3.31. The first kappa shape index (κ1) is 18.1. The van der Waals surface area contributed by atoms with E-state index in [2.05, 4.69) is 35.5 Å². The van der Waals surface area contributed by atoms with Crippen LogP contribution in [0.25, 0.3) is 17.1 Å². The number of anilines is 3. The summed E-state index contributed by atoms with van der Waals surface area (Å²) in [5, 5.41) is 6.52. The number of primary amides is 1. The van der Waals surface area contributed by atoms with Crippen LogP contribution in [0, 0.1) is 0 Å². The minimum atomic E-state index is -0.553. The molecule has 152 valence electrons. The van der Waals surface area contributed by atoms with Gasteiger partial charge in [0.15, 0.2) is 17.2 Å². The van der Waals surface area contributed by atoms with Crippen molar-refractivity contribution in [2.45, 2.75) is 0 Å². The molecule has 11 nitrogen and oxygen atoms in total. The van der Waals surface area contributed by atoms with Gasteiger partial charge in [0.05, 0.1) is 29.8 Å². The Hall–Kier alpha value is -3.99. The van der Waals surface area contributed by atoms with Crippen LogP contribution in [0.15, 0.2) is 47.7 Å². The number of fused-ring (bicyclic) bond motifs is 1. The quantitative estimate of drug-likeness (QED) is 0.444. The molecule has 1 aliphatic rings. The number of piperazine rings is 1. The molecular formula is C19H19N9O2. The number of furan rings is 1. The van der Waals surface area contributed by atoms with Crippen molar-refractivity contribution < 1.29 is 9.21 Å². The summed E-state index contributed by atoms with van der Waals surface area (Å²) in [6.45, 7) is 3.62. The molecule has 0 spiro atoms. The van der Waals surface area contributed by atoms with Gasteiger partial charge in [-0.25, -0.2) is 19.9 Å². The van der Waals surface area contributed by atoms with Gasteiger partial charge in [0.25, 0.3) is 5.91 Å². The van der Waals surface area contributed by atoms with E-state index >= 15 is 0 Å². The average molecular weight is 405 g/mol. The van der Waals surface area contributed by atoms with Gasteiger partial charge < -0.3 is 25.7 Å². The maximum atomic E-state index is 11.3. The van der Waals surface area contributed by atoms with Crippen molar-refractivity contribution in [2.24, 2.45) is 5.73 Å². The van der Waals surface area contributed by atoms with Crippen LogP contribution in [0.4, 0.5) is 17.5 Å². The van der Waals surface area contributed by atoms with E-state index in [1.165, 1.54) is 6.26 Å². The van der Waals surface area contributed by atoms with Crippen molar-refractivity contribution in [3.8, 4) is 11.5 Å². The van der Waals surface area contributed by atoms with E-state index in [0.717, 1.165) is 26.2 Å². The maximum Gasteiger partial charge on any atom is 0.251 e.